The highest BCUT2D eigenvalue weighted by Crippen LogP contribution is 2.31. The van der Waals surface area contributed by atoms with Gasteiger partial charge >= 0.3 is 12.1 Å². The number of carbonyl (C=O) groups is 2. The van der Waals surface area contributed by atoms with Gasteiger partial charge in [-0.25, -0.2) is 9.59 Å². The first-order valence-electron chi connectivity index (χ1n) is 36.0. The van der Waals surface area contributed by atoms with Gasteiger partial charge in [-0.15, -0.1) is 5.12 Å². The van der Waals surface area contributed by atoms with Crippen LogP contribution in [0.3, 0.4) is 0 Å². The molecule has 0 aliphatic heterocycles. The zero-order valence-electron chi connectivity index (χ0n) is 55.5. The molecule has 0 fully saturated rings. The highest BCUT2D eigenvalue weighted by molar-refractivity contribution is 5.75. The molecule has 0 aromatic carbocycles. The molecule has 0 bridgehead atoms. The fraction of sp³-hybridized carbons (Fsp3) is 0.912. The van der Waals surface area contributed by atoms with Crippen LogP contribution in [0.25, 0.3) is 0 Å². The van der Waals surface area contributed by atoms with Gasteiger partial charge in [0.15, 0.2) is 0 Å². The van der Waals surface area contributed by atoms with E-state index in [0.717, 1.165) is 207 Å². The molecule has 0 heterocycles. The first kappa shape index (κ1) is 81.6. The third-order valence-electron chi connectivity index (χ3n) is 16.2. The van der Waals surface area contributed by atoms with Crippen LogP contribution in [0.15, 0.2) is 24.3 Å². The molecule has 0 saturated carbocycles. The van der Waals surface area contributed by atoms with E-state index in [0.29, 0.717) is 19.6 Å². The lowest BCUT2D eigenvalue weighted by atomic mass is 9.83. The molecule has 0 rings (SSSR count). The number of nitrogens with one attached hydrogen (secondary N) is 10. The van der Waals surface area contributed by atoms with Crippen LogP contribution in [0.5, 0.6) is 0 Å². The van der Waals surface area contributed by atoms with E-state index in [1.807, 2.05) is 5.12 Å². The number of hydrogen-bond acceptors (Lipinski definition) is 12. The van der Waals surface area contributed by atoms with Crippen LogP contribution in [0.4, 0.5) is 9.59 Å². The normalized spacial score (nSPS) is 12.0. The molecule has 0 spiro atoms. The van der Waals surface area contributed by atoms with Gasteiger partial charge in [0.2, 0.25) is 0 Å². The number of allylic oxidation sites excluding steroid dienone is 4. The Kier molecular flexibility index (Phi) is 67.7. The summed E-state index contributed by atoms with van der Waals surface area (Å²) in [6, 6.07) is -0.557. The van der Waals surface area contributed by atoms with Crippen LogP contribution in [0.2, 0.25) is 0 Å². The Balaban J connectivity index is 6.14. The molecule has 498 valence electrons. The van der Waals surface area contributed by atoms with Crippen molar-refractivity contribution in [1.82, 2.24) is 58.5 Å². The topological polar surface area (TPSA) is 236 Å². The number of carbonyl (C=O) groups excluding carboxylic acids is 2. The van der Waals surface area contributed by atoms with Gasteiger partial charge in [-0.1, -0.05) is 167 Å². The Morgan fingerprint density at radius 3 is 0.869 bits per heavy atom. The summed E-state index contributed by atoms with van der Waals surface area (Å²) in [7, 11) is 0. The van der Waals surface area contributed by atoms with Crippen molar-refractivity contribution >= 4 is 12.1 Å². The molecule has 4 amide bonds. The van der Waals surface area contributed by atoms with E-state index in [9.17, 15) is 9.59 Å². The summed E-state index contributed by atoms with van der Waals surface area (Å²) >= 11 is 0. The number of hydrogen-bond donors (Lipinski definition) is 13. The molecule has 84 heavy (non-hydrogen) atoms. The molecule has 0 aromatic heterocycles. The van der Waals surface area contributed by atoms with E-state index in [1.165, 1.54) is 154 Å². The highest BCUT2D eigenvalue weighted by atomic mass is 16.2. The minimum absolute atomic E-state index is 0.279. The average molecular weight is 1190 g/mol. The van der Waals surface area contributed by atoms with Crippen LogP contribution >= 0.6 is 0 Å². The lowest BCUT2D eigenvalue weighted by molar-refractivity contribution is -0.0128. The summed E-state index contributed by atoms with van der Waals surface area (Å²) in [5.74, 6) is 0. The predicted octanol–water partition coefficient (Wildman–Crippen LogP) is 12.4. The molecule has 0 radical (unpaired) electrons. The third-order valence-corrected chi connectivity index (χ3v) is 16.2. The van der Waals surface area contributed by atoms with Gasteiger partial charge in [0.25, 0.3) is 0 Å². The fourth-order valence-electron chi connectivity index (χ4n) is 10.7. The summed E-state index contributed by atoms with van der Waals surface area (Å²) in [6.07, 6.45) is 58.8. The van der Waals surface area contributed by atoms with E-state index < -0.39 is 5.54 Å². The monoisotopic (exact) mass is 1190 g/mol. The van der Waals surface area contributed by atoms with Crippen molar-refractivity contribution in [2.24, 2.45) is 17.2 Å². The van der Waals surface area contributed by atoms with Crippen molar-refractivity contribution in [2.45, 2.75) is 289 Å². The van der Waals surface area contributed by atoms with Crippen molar-refractivity contribution in [3.8, 4) is 0 Å². The number of nitrogens with two attached hydrogens (primary N) is 3. The quantitative estimate of drug-likeness (QED) is 0.0155. The molecule has 0 unspecified atom stereocenters. The summed E-state index contributed by atoms with van der Waals surface area (Å²) in [5, 5.41) is 29.5. The Morgan fingerprint density at radius 1 is 0.298 bits per heavy atom. The molecular weight excluding hydrogens is 1040 g/mol. The second-order valence-electron chi connectivity index (χ2n) is 24.2. The minimum Gasteiger partial charge on any atom is -0.337 e. The molecule has 16 heteroatoms. The summed E-state index contributed by atoms with van der Waals surface area (Å²) in [4.78, 5) is 28.2. The first-order valence-corrected chi connectivity index (χ1v) is 36.0. The van der Waals surface area contributed by atoms with E-state index in [2.05, 4.69) is 91.5 Å². The molecule has 0 aromatic rings. The van der Waals surface area contributed by atoms with Crippen molar-refractivity contribution in [3.05, 3.63) is 24.3 Å². The smallest absolute Gasteiger partial charge is 0.330 e. The maximum atomic E-state index is 14.1. The van der Waals surface area contributed by atoms with E-state index in [1.54, 1.807) is 0 Å². The van der Waals surface area contributed by atoms with Gasteiger partial charge in [0.05, 0.1) is 5.54 Å². The van der Waals surface area contributed by atoms with Crippen LogP contribution in [-0.2, 0) is 0 Å². The largest absolute Gasteiger partial charge is 0.337 e. The molecular formula is C68H144N14O2. The maximum Gasteiger partial charge on any atom is 0.330 e. The van der Waals surface area contributed by atoms with E-state index >= 15 is 0 Å². The van der Waals surface area contributed by atoms with Crippen LogP contribution in [0, 0.1) is 0 Å². The highest BCUT2D eigenvalue weighted by Gasteiger charge is 2.38. The molecule has 0 aliphatic rings. The van der Waals surface area contributed by atoms with Crippen molar-refractivity contribution in [1.29, 1.82) is 0 Å². The number of hydrazine groups is 2. The van der Waals surface area contributed by atoms with E-state index in [-0.39, 0.29) is 12.1 Å². The second-order valence-corrected chi connectivity index (χ2v) is 24.2. The van der Waals surface area contributed by atoms with Crippen molar-refractivity contribution in [3.63, 3.8) is 0 Å². The Hall–Kier alpha value is -2.38. The van der Waals surface area contributed by atoms with E-state index in [4.69, 9.17) is 17.2 Å². The molecule has 0 atom stereocenters. The van der Waals surface area contributed by atoms with Gasteiger partial charge in [-0.3, -0.25) is 10.9 Å². The zero-order valence-corrected chi connectivity index (χ0v) is 55.5. The number of urea groups is 2. The Bertz CT molecular complexity index is 1290. The SMILES string of the molecule is CCCCCCCC/C=C\CCCCCCCCC(CCCCCCCC/C=C\CCCCCCCC)(CCNCCCCNCCCN)N(NC(=O)NCCCNCCCCNCCCN)NC(=O)NCCCNCCCCNCCCN. The van der Waals surface area contributed by atoms with Crippen LogP contribution in [0.1, 0.15) is 284 Å². The third kappa shape index (κ3) is 59.9. The van der Waals surface area contributed by atoms with Gasteiger partial charge in [-0.2, -0.15) is 0 Å². The van der Waals surface area contributed by atoms with Gasteiger partial charge < -0.3 is 59.7 Å². The molecule has 0 aliphatic carbocycles. The molecule has 0 saturated heterocycles. The molecule has 16 N–H and O–H groups in total. The van der Waals surface area contributed by atoms with Crippen molar-refractivity contribution in [2.75, 3.05) is 111 Å². The van der Waals surface area contributed by atoms with Crippen molar-refractivity contribution < 1.29 is 9.59 Å². The maximum absolute atomic E-state index is 14.1. The average Bonchev–Trinajstić information content (AvgIpc) is 3.23. The van der Waals surface area contributed by atoms with Crippen LogP contribution in [-0.4, -0.2) is 134 Å². The Labute approximate surface area is 519 Å². The lowest BCUT2D eigenvalue weighted by Gasteiger charge is -2.44. The summed E-state index contributed by atoms with van der Waals surface area (Å²) in [6.45, 7) is 19.1. The number of unbranched alkanes of at least 4 members (excludes halogenated alkanes) is 27. The zero-order chi connectivity index (χ0) is 60.9. The van der Waals surface area contributed by atoms with Gasteiger partial charge in [0, 0.05) is 13.1 Å². The standard InChI is InChI=1S/C68H144N14O2/c1-3-5-7-9-11-13-15-17-19-21-23-25-27-29-31-33-46-68(48-65-77-57-40-39-54-74-60-43-51-71,47-34-32-30-28-26-24-22-20-18-16-14-12-10-8-6-4-2)82(80-66(83)78-63-44-61-75-55-37-35-52-72-58-41-49-69)81-67(84)79-64-45-62-76-56-38-36-53-73-59-42-50-70/h17-20,72-77H,3-16,21-65,69-71H2,1-2H3,(H2,78,80,83)(H2,79,81,84)/b19-17-,20-18-. The van der Waals surface area contributed by atoms with Crippen LogP contribution < -0.4 is 70.6 Å². The first-order chi connectivity index (χ1) is 41.5. The second kappa shape index (κ2) is 69.7. The summed E-state index contributed by atoms with van der Waals surface area (Å²) < 4.78 is 0. The van der Waals surface area contributed by atoms with Gasteiger partial charge in [-0.05, 0) is 239 Å². The number of nitrogens with zero attached hydrogens (tertiary/aromatic N) is 1. The van der Waals surface area contributed by atoms with Gasteiger partial charge in [0.1, 0.15) is 0 Å². The predicted molar refractivity (Wildman–Crippen MR) is 366 cm³/mol. The fourth-order valence-corrected chi connectivity index (χ4v) is 10.7. The number of amides is 4. The Morgan fingerprint density at radius 2 is 0.560 bits per heavy atom. The minimum atomic E-state index is -0.492. The molecule has 16 nitrogen and oxygen atoms in total. The summed E-state index contributed by atoms with van der Waals surface area (Å²) in [5.41, 5.74) is 23.0. The number of rotatable bonds is 70. The lowest BCUT2D eigenvalue weighted by Crippen LogP contribution is -2.67.